The van der Waals surface area contributed by atoms with E-state index in [-0.39, 0.29) is 24.6 Å². The van der Waals surface area contributed by atoms with Crippen LogP contribution in [0.5, 0.6) is 0 Å². The van der Waals surface area contributed by atoms with Crippen LogP contribution in [0.1, 0.15) is 104 Å². The monoisotopic (exact) mass is 342 g/mol. The van der Waals surface area contributed by atoms with Gasteiger partial charge in [-0.05, 0) is 12.8 Å². The fourth-order valence-corrected chi connectivity index (χ4v) is 2.83. The van der Waals surface area contributed by atoms with E-state index in [0.717, 1.165) is 19.3 Å². The first kappa shape index (κ1) is 22.9. The molecule has 1 unspecified atom stereocenters. The summed E-state index contributed by atoms with van der Waals surface area (Å²) in [5.41, 5.74) is 0. The second kappa shape index (κ2) is 16.8. The summed E-state index contributed by atoms with van der Waals surface area (Å²) in [7, 11) is 0. The summed E-state index contributed by atoms with van der Waals surface area (Å²) in [5, 5.41) is 0. The molecule has 0 aliphatic carbocycles. The van der Waals surface area contributed by atoms with Crippen LogP contribution in [-0.4, -0.2) is 24.6 Å². The van der Waals surface area contributed by atoms with Gasteiger partial charge in [0.25, 0.3) is 0 Å². The van der Waals surface area contributed by atoms with Crippen LogP contribution in [0.4, 0.5) is 0 Å². The van der Waals surface area contributed by atoms with E-state index < -0.39 is 0 Å². The van der Waals surface area contributed by atoms with Crippen LogP contribution in [0.25, 0.3) is 0 Å². The van der Waals surface area contributed by atoms with Crippen molar-refractivity contribution in [2.75, 3.05) is 6.61 Å². The Morgan fingerprint density at radius 1 is 0.708 bits per heavy atom. The van der Waals surface area contributed by atoms with Gasteiger partial charge < -0.3 is 9.47 Å². The van der Waals surface area contributed by atoms with Crippen molar-refractivity contribution in [2.24, 2.45) is 0 Å². The van der Waals surface area contributed by atoms with Crippen molar-refractivity contribution in [3.8, 4) is 0 Å². The lowest BCUT2D eigenvalue weighted by Gasteiger charge is -2.16. The summed E-state index contributed by atoms with van der Waals surface area (Å²) in [4.78, 5) is 21.9. The smallest absolute Gasteiger partial charge is 0.303 e. The highest BCUT2D eigenvalue weighted by atomic mass is 16.6. The Morgan fingerprint density at radius 2 is 1.17 bits per heavy atom. The van der Waals surface area contributed by atoms with Gasteiger partial charge in [0, 0.05) is 13.8 Å². The Hall–Kier alpha value is -1.06. The van der Waals surface area contributed by atoms with Gasteiger partial charge in [-0.25, -0.2) is 0 Å². The molecule has 0 radical (unpaired) electrons. The maximum absolute atomic E-state index is 11.1. The standard InChI is InChI=1S/C20H38O4/c1-4-5-6-7-8-9-10-11-12-13-14-15-16-20(24-19(3)22)17-23-18(2)21/h20H,4-17H2,1-3H3. The number of hydrogen-bond acceptors (Lipinski definition) is 4. The first-order valence-electron chi connectivity index (χ1n) is 9.86. The SMILES string of the molecule is CCCCCCCCCCCCCCC(COC(C)=O)OC(C)=O. The molecule has 1 atom stereocenters. The van der Waals surface area contributed by atoms with E-state index >= 15 is 0 Å². The van der Waals surface area contributed by atoms with Gasteiger partial charge in [-0.15, -0.1) is 0 Å². The van der Waals surface area contributed by atoms with E-state index in [4.69, 9.17) is 9.47 Å². The van der Waals surface area contributed by atoms with E-state index in [0.29, 0.717) is 0 Å². The number of carbonyl (C=O) groups is 2. The number of hydrogen-bond donors (Lipinski definition) is 0. The lowest BCUT2D eigenvalue weighted by Crippen LogP contribution is -2.23. The van der Waals surface area contributed by atoms with Gasteiger partial charge in [-0.2, -0.15) is 0 Å². The molecule has 0 heterocycles. The first-order valence-corrected chi connectivity index (χ1v) is 9.86. The molecule has 142 valence electrons. The van der Waals surface area contributed by atoms with Crippen LogP contribution in [0, 0.1) is 0 Å². The molecule has 0 amide bonds. The van der Waals surface area contributed by atoms with Crippen LogP contribution in [-0.2, 0) is 19.1 Å². The number of ether oxygens (including phenoxy) is 2. The van der Waals surface area contributed by atoms with E-state index in [1.165, 1.54) is 78.1 Å². The summed E-state index contributed by atoms with van der Waals surface area (Å²) >= 11 is 0. The molecular formula is C20H38O4. The molecule has 0 aromatic rings. The van der Waals surface area contributed by atoms with Gasteiger partial charge in [0.15, 0.2) is 0 Å². The Labute approximate surface area is 148 Å². The number of rotatable bonds is 16. The van der Waals surface area contributed by atoms with Gasteiger partial charge in [0.1, 0.15) is 12.7 Å². The van der Waals surface area contributed by atoms with Crippen molar-refractivity contribution in [3.63, 3.8) is 0 Å². The Morgan fingerprint density at radius 3 is 1.58 bits per heavy atom. The van der Waals surface area contributed by atoms with Crippen molar-refractivity contribution < 1.29 is 19.1 Å². The fourth-order valence-electron chi connectivity index (χ4n) is 2.83. The third kappa shape index (κ3) is 17.3. The van der Waals surface area contributed by atoms with Gasteiger partial charge in [-0.1, -0.05) is 77.6 Å². The van der Waals surface area contributed by atoms with E-state index in [2.05, 4.69) is 6.92 Å². The third-order valence-corrected chi connectivity index (χ3v) is 4.18. The lowest BCUT2D eigenvalue weighted by atomic mass is 10.0. The zero-order valence-electron chi connectivity index (χ0n) is 16.1. The molecule has 0 bridgehead atoms. The number of carbonyl (C=O) groups excluding carboxylic acids is 2. The molecular weight excluding hydrogens is 304 g/mol. The van der Waals surface area contributed by atoms with E-state index in [9.17, 15) is 9.59 Å². The maximum Gasteiger partial charge on any atom is 0.303 e. The van der Waals surface area contributed by atoms with Gasteiger partial charge in [0.2, 0.25) is 0 Å². The van der Waals surface area contributed by atoms with Crippen LogP contribution < -0.4 is 0 Å². The minimum Gasteiger partial charge on any atom is -0.462 e. The third-order valence-electron chi connectivity index (χ3n) is 4.18. The summed E-state index contributed by atoms with van der Waals surface area (Å²) in [6.45, 7) is 5.19. The Balaban J connectivity index is 3.47. The topological polar surface area (TPSA) is 52.6 Å². The molecule has 0 N–H and O–H groups in total. The molecule has 4 nitrogen and oxygen atoms in total. The van der Waals surface area contributed by atoms with Crippen molar-refractivity contribution in [3.05, 3.63) is 0 Å². The predicted octanol–water partition coefficient (Wildman–Crippen LogP) is 5.57. The van der Waals surface area contributed by atoms with Crippen molar-refractivity contribution >= 4 is 11.9 Å². The second-order valence-corrected chi connectivity index (χ2v) is 6.71. The molecule has 24 heavy (non-hydrogen) atoms. The molecule has 0 aromatic carbocycles. The zero-order valence-corrected chi connectivity index (χ0v) is 16.1. The molecule has 0 spiro atoms. The second-order valence-electron chi connectivity index (χ2n) is 6.71. The summed E-state index contributed by atoms with van der Waals surface area (Å²) in [5.74, 6) is -0.645. The molecule has 0 aliphatic heterocycles. The summed E-state index contributed by atoms with van der Waals surface area (Å²) in [6, 6.07) is 0. The quantitative estimate of drug-likeness (QED) is 0.272. The highest BCUT2D eigenvalue weighted by Gasteiger charge is 2.13. The molecule has 0 fully saturated rings. The van der Waals surface area contributed by atoms with Crippen LogP contribution in [0.3, 0.4) is 0 Å². The molecule has 4 heteroatoms. The van der Waals surface area contributed by atoms with Gasteiger partial charge in [-0.3, -0.25) is 9.59 Å². The lowest BCUT2D eigenvalue weighted by molar-refractivity contribution is -0.156. The Kier molecular flexibility index (Phi) is 16.0. The molecule has 0 aliphatic rings. The highest BCUT2D eigenvalue weighted by molar-refractivity contribution is 5.67. The van der Waals surface area contributed by atoms with Gasteiger partial charge >= 0.3 is 11.9 Å². The fraction of sp³-hybridized carbons (Fsp3) is 0.900. The van der Waals surface area contributed by atoms with Crippen molar-refractivity contribution in [1.29, 1.82) is 0 Å². The van der Waals surface area contributed by atoms with Crippen LogP contribution in [0.15, 0.2) is 0 Å². The largest absolute Gasteiger partial charge is 0.462 e. The molecule has 0 saturated heterocycles. The first-order chi connectivity index (χ1) is 11.6. The minimum atomic E-state index is -0.332. The minimum absolute atomic E-state index is 0.174. The normalized spacial score (nSPS) is 12.0. The zero-order chi connectivity index (χ0) is 18.0. The van der Waals surface area contributed by atoms with Crippen molar-refractivity contribution in [2.45, 2.75) is 110 Å². The van der Waals surface area contributed by atoms with Crippen LogP contribution in [0.2, 0.25) is 0 Å². The predicted molar refractivity (Wildman–Crippen MR) is 97.9 cm³/mol. The van der Waals surface area contributed by atoms with Gasteiger partial charge in [0.05, 0.1) is 0 Å². The maximum atomic E-state index is 11.1. The highest BCUT2D eigenvalue weighted by Crippen LogP contribution is 2.14. The summed E-state index contributed by atoms with van der Waals surface area (Å²) < 4.78 is 10.1. The van der Waals surface area contributed by atoms with Crippen LogP contribution >= 0.6 is 0 Å². The molecule has 0 rings (SSSR count). The van der Waals surface area contributed by atoms with Crippen molar-refractivity contribution in [1.82, 2.24) is 0 Å². The molecule has 0 saturated carbocycles. The Bertz CT molecular complexity index is 315. The van der Waals surface area contributed by atoms with E-state index in [1.54, 1.807) is 0 Å². The molecule has 0 aromatic heterocycles. The summed E-state index contributed by atoms with van der Waals surface area (Å²) in [6.07, 6.45) is 16.1. The average Bonchev–Trinajstić information content (AvgIpc) is 2.52. The average molecular weight is 343 g/mol. The number of unbranched alkanes of at least 4 members (excludes halogenated alkanes) is 11. The van der Waals surface area contributed by atoms with E-state index in [1.807, 2.05) is 0 Å². The number of esters is 2.